The molecule has 0 aliphatic rings. The SMILES string of the molecule is CC/C=C\C/C=C\C/C=C\C/C=C\C/C=C\CCCCCCCCCCCCCCCCCCCC(=O)OCC(COC(=O)CCCCCCCCCC)OC(=O)CCCCCCCC/C=C\C/C=C\C/C=C\C/C=C\CC. The predicted molar refractivity (Wildman–Crippen MR) is 339 cm³/mol. The molecule has 0 spiro atoms. The topological polar surface area (TPSA) is 78.9 Å². The summed E-state index contributed by atoms with van der Waals surface area (Å²) in [4.78, 5) is 38.1. The first-order chi connectivity index (χ1) is 38.5. The van der Waals surface area contributed by atoms with E-state index in [1.807, 2.05) is 0 Å². The smallest absolute Gasteiger partial charge is 0.306 e. The van der Waals surface area contributed by atoms with Gasteiger partial charge >= 0.3 is 17.9 Å². The van der Waals surface area contributed by atoms with Crippen LogP contribution in [-0.4, -0.2) is 37.2 Å². The Kier molecular flexibility index (Phi) is 62.3. The zero-order chi connectivity index (χ0) is 56.4. The van der Waals surface area contributed by atoms with Gasteiger partial charge < -0.3 is 14.2 Å². The van der Waals surface area contributed by atoms with Crippen LogP contribution >= 0.6 is 0 Å². The van der Waals surface area contributed by atoms with Crippen molar-refractivity contribution in [3.8, 4) is 0 Å². The monoisotopic (exact) mass is 1080 g/mol. The molecule has 0 heterocycles. The third kappa shape index (κ3) is 62.9. The largest absolute Gasteiger partial charge is 0.462 e. The first-order valence-electron chi connectivity index (χ1n) is 32.9. The van der Waals surface area contributed by atoms with Gasteiger partial charge in [0.25, 0.3) is 0 Å². The molecule has 6 nitrogen and oxygen atoms in total. The number of hydrogen-bond acceptors (Lipinski definition) is 6. The zero-order valence-corrected chi connectivity index (χ0v) is 51.2. The minimum Gasteiger partial charge on any atom is -0.462 e. The number of rotatable bonds is 59. The Morgan fingerprint density at radius 2 is 0.500 bits per heavy atom. The third-order valence-electron chi connectivity index (χ3n) is 14.0. The molecule has 6 heteroatoms. The first-order valence-corrected chi connectivity index (χ1v) is 32.9. The Hall–Kier alpha value is -3.93. The molecule has 0 aromatic rings. The van der Waals surface area contributed by atoms with Gasteiger partial charge in [-0.25, -0.2) is 0 Å². The summed E-state index contributed by atoms with van der Waals surface area (Å²) >= 11 is 0. The van der Waals surface area contributed by atoms with Gasteiger partial charge in [-0.3, -0.25) is 14.4 Å². The van der Waals surface area contributed by atoms with Gasteiger partial charge in [0.05, 0.1) is 0 Å². The first kappa shape index (κ1) is 74.1. The molecule has 0 fully saturated rings. The van der Waals surface area contributed by atoms with E-state index < -0.39 is 6.10 Å². The maximum absolute atomic E-state index is 12.9. The molecule has 0 aromatic heterocycles. The van der Waals surface area contributed by atoms with Crippen molar-refractivity contribution in [3.05, 3.63) is 109 Å². The fourth-order valence-corrected chi connectivity index (χ4v) is 9.17. The number of esters is 3. The highest BCUT2D eigenvalue weighted by atomic mass is 16.6. The predicted octanol–water partition coefficient (Wildman–Crippen LogP) is 22.6. The van der Waals surface area contributed by atoms with Crippen LogP contribution in [-0.2, 0) is 28.6 Å². The molecule has 0 rings (SSSR count). The number of hydrogen-bond donors (Lipinski definition) is 0. The molecule has 1 atom stereocenters. The molecule has 0 aromatic carbocycles. The standard InChI is InChI=1S/C72H122O6/c1-4-7-10-13-16-19-21-23-25-27-29-30-31-32-33-34-35-36-37-38-39-40-41-42-44-45-47-49-51-53-56-59-62-65-71(74)77-68-69(67-76-70(73)64-61-58-55-18-15-12-9-6-3)78-72(75)66-63-60-57-54-52-50-48-46-43-28-26-24-22-20-17-14-11-8-5-2/h7-8,10-11,16-17,19-20,23-26,29-30,32-33,43,46,69H,4-6,9,12-15,18,21-22,27-28,31,34-42,44-45,47-68H2,1-3H3/b10-7-,11-8-,19-16-,20-17-,25-23-,26-24-,30-29-,33-32-,46-43-. The van der Waals surface area contributed by atoms with Crippen molar-refractivity contribution < 1.29 is 28.6 Å². The van der Waals surface area contributed by atoms with Crippen LogP contribution in [0, 0.1) is 0 Å². The maximum Gasteiger partial charge on any atom is 0.306 e. The van der Waals surface area contributed by atoms with Crippen LogP contribution in [0.3, 0.4) is 0 Å². The Morgan fingerprint density at radius 3 is 0.782 bits per heavy atom. The van der Waals surface area contributed by atoms with Gasteiger partial charge in [-0.15, -0.1) is 0 Å². The zero-order valence-electron chi connectivity index (χ0n) is 51.2. The second-order valence-electron chi connectivity index (χ2n) is 21.6. The fourth-order valence-electron chi connectivity index (χ4n) is 9.17. The normalized spacial score (nSPS) is 12.8. The van der Waals surface area contributed by atoms with Gasteiger partial charge in [-0.05, 0) is 103 Å². The molecule has 0 aliphatic carbocycles. The fraction of sp³-hybridized carbons (Fsp3) is 0.708. The van der Waals surface area contributed by atoms with Crippen LogP contribution < -0.4 is 0 Å². The van der Waals surface area contributed by atoms with E-state index >= 15 is 0 Å². The van der Waals surface area contributed by atoms with Crippen molar-refractivity contribution in [1.29, 1.82) is 0 Å². The minimum absolute atomic E-state index is 0.0809. The summed E-state index contributed by atoms with van der Waals surface area (Å²) in [5.41, 5.74) is 0. The maximum atomic E-state index is 12.9. The molecule has 0 saturated carbocycles. The Labute approximate surface area is 482 Å². The van der Waals surface area contributed by atoms with Crippen LogP contribution in [0.15, 0.2) is 109 Å². The van der Waals surface area contributed by atoms with E-state index in [9.17, 15) is 14.4 Å². The number of carbonyl (C=O) groups is 3. The highest BCUT2D eigenvalue weighted by molar-refractivity contribution is 5.71. The molecule has 446 valence electrons. The van der Waals surface area contributed by atoms with Gasteiger partial charge in [-0.1, -0.05) is 297 Å². The van der Waals surface area contributed by atoms with Crippen LogP contribution in [0.5, 0.6) is 0 Å². The quantitative estimate of drug-likeness (QED) is 0.0261. The summed E-state index contributed by atoms with van der Waals surface area (Å²) in [7, 11) is 0. The highest BCUT2D eigenvalue weighted by Crippen LogP contribution is 2.17. The Bertz CT molecular complexity index is 1570. The second-order valence-corrected chi connectivity index (χ2v) is 21.6. The third-order valence-corrected chi connectivity index (χ3v) is 14.0. The van der Waals surface area contributed by atoms with Crippen molar-refractivity contribution in [1.82, 2.24) is 0 Å². The average Bonchev–Trinajstić information content (AvgIpc) is 3.44. The summed E-state index contributed by atoms with van der Waals surface area (Å²) in [5.74, 6) is -0.890. The van der Waals surface area contributed by atoms with E-state index in [1.54, 1.807) is 0 Å². The van der Waals surface area contributed by atoms with Crippen LogP contribution in [0.4, 0.5) is 0 Å². The van der Waals surface area contributed by atoms with Gasteiger partial charge in [0.1, 0.15) is 13.2 Å². The van der Waals surface area contributed by atoms with Crippen LogP contribution in [0.1, 0.15) is 310 Å². The summed E-state index contributed by atoms with van der Waals surface area (Å²) in [6, 6.07) is 0. The number of unbranched alkanes of at least 4 members (excludes halogenated alkanes) is 30. The molecule has 0 bridgehead atoms. The van der Waals surface area contributed by atoms with E-state index in [2.05, 4.69) is 130 Å². The average molecular weight is 1080 g/mol. The van der Waals surface area contributed by atoms with Gasteiger partial charge in [0.15, 0.2) is 6.10 Å². The van der Waals surface area contributed by atoms with Gasteiger partial charge in [-0.2, -0.15) is 0 Å². The van der Waals surface area contributed by atoms with Crippen LogP contribution in [0.2, 0.25) is 0 Å². The minimum atomic E-state index is -0.783. The lowest BCUT2D eigenvalue weighted by molar-refractivity contribution is -0.167. The molecular formula is C72H122O6. The number of ether oxygens (including phenoxy) is 3. The van der Waals surface area contributed by atoms with Gasteiger partial charge in [0.2, 0.25) is 0 Å². The molecule has 0 radical (unpaired) electrons. The number of allylic oxidation sites excluding steroid dienone is 18. The number of carbonyl (C=O) groups excluding carboxylic acids is 3. The van der Waals surface area contributed by atoms with Crippen molar-refractivity contribution in [2.45, 2.75) is 316 Å². The van der Waals surface area contributed by atoms with Crippen molar-refractivity contribution in [2.75, 3.05) is 13.2 Å². The lowest BCUT2D eigenvalue weighted by Gasteiger charge is -2.18. The van der Waals surface area contributed by atoms with E-state index in [0.717, 1.165) is 128 Å². The summed E-state index contributed by atoms with van der Waals surface area (Å²) in [5, 5.41) is 0. The molecule has 1 unspecified atom stereocenters. The molecule has 0 amide bonds. The van der Waals surface area contributed by atoms with E-state index in [-0.39, 0.29) is 31.1 Å². The van der Waals surface area contributed by atoms with E-state index in [1.165, 1.54) is 141 Å². The van der Waals surface area contributed by atoms with Crippen molar-refractivity contribution in [2.24, 2.45) is 0 Å². The molecule has 0 N–H and O–H groups in total. The van der Waals surface area contributed by atoms with Gasteiger partial charge in [0, 0.05) is 19.3 Å². The molecule has 0 aliphatic heterocycles. The Morgan fingerprint density at radius 1 is 0.269 bits per heavy atom. The van der Waals surface area contributed by atoms with Crippen LogP contribution in [0.25, 0.3) is 0 Å². The molecular weight excluding hydrogens is 961 g/mol. The summed E-state index contributed by atoms with van der Waals surface area (Å²) in [6.07, 6.45) is 89.8. The Balaban J connectivity index is 4.09. The van der Waals surface area contributed by atoms with Crippen molar-refractivity contribution in [3.63, 3.8) is 0 Å². The van der Waals surface area contributed by atoms with E-state index in [4.69, 9.17) is 14.2 Å². The van der Waals surface area contributed by atoms with E-state index in [0.29, 0.717) is 19.3 Å². The lowest BCUT2D eigenvalue weighted by Crippen LogP contribution is -2.30. The van der Waals surface area contributed by atoms with Crippen molar-refractivity contribution >= 4 is 17.9 Å². The highest BCUT2D eigenvalue weighted by Gasteiger charge is 2.19. The molecule has 78 heavy (non-hydrogen) atoms. The second kappa shape index (κ2) is 65.6. The molecule has 0 saturated heterocycles. The summed E-state index contributed by atoms with van der Waals surface area (Å²) < 4.78 is 16.9. The summed E-state index contributed by atoms with van der Waals surface area (Å²) in [6.45, 7) is 6.39. The lowest BCUT2D eigenvalue weighted by atomic mass is 10.0.